The van der Waals surface area contributed by atoms with Crippen molar-refractivity contribution in [2.75, 3.05) is 40.9 Å². The Kier molecular flexibility index (Phi) is 49.6. The molecule has 8 nitrogen and oxygen atoms in total. The summed E-state index contributed by atoms with van der Waals surface area (Å²) in [7, 11) is 1.32. The average Bonchev–Trinajstić information content (AvgIpc) is 3.29. The molecule has 1 amide bonds. The number of allylic oxidation sites excluding steroid dienone is 2. The second-order valence-electron chi connectivity index (χ2n) is 21.7. The van der Waals surface area contributed by atoms with E-state index in [1.165, 1.54) is 238 Å². The molecule has 9 heteroatoms. The quantitative estimate of drug-likeness (QED) is 0.0272. The van der Waals surface area contributed by atoms with Gasteiger partial charge in [-0.05, 0) is 38.5 Å². The summed E-state index contributed by atoms with van der Waals surface area (Å²) in [4.78, 5) is 25.5. The second kappa shape index (κ2) is 50.2. The number of likely N-dealkylation sites (N-methyl/N-ethyl adjacent to an activating group) is 1. The minimum Gasteiger partial charge on any atom is -0.756 e. The van der Waals surface area contributed by atoms with Gasteiger partial charge in [0.1, 0.15) is 13.2 Å². The molecule has 3 unspecified atom stereocenters. The van der Waals surface area contributed by atoms with Crippen LogP contribution in [-0.2, 0) is 18.4 Å². The maximum Gasteiger partial charge on any atom is 0.268 e. The minimum atomic E-state index is -4.57. The Morgan fingerprint density at radius 2 is 0.821 bits per heavy atom. The molecule has 0 heterocycles. The molecule has 0 aliphatic rings. The Morgan fingerprint density at radius 1 is 0.507 bits per heavy atom. The van der Waals surface area contributed by atoms with Crippen molar-refractivity contribution in [3.8, 4) is 0 Å². The molecule has 0 rings (SSSR count). The molecule has 0 aromatic heterocycles. The molecule has 2 N–H and O–H groups in total. The number of aliphatic hydroxyl groups excluding tert-OH is 1. The highest BCUT2D eigenvalue weighted by Gasteiger charge is 2.24. The van der Waals surface area contributed by atoms with Gasteiger partial charge >= 0.3 is 0 Å². The molecule has 0 bridgehead atoms. The Bertz CT molecular complexity index is 1100. The fraction of sp³-hybridized carbons (Fsp3) is 0.948. The maximum atomic E-state index is 13.0. The first-order valence-corrected chi connectivity index (χ1v) is 31.0. The smallest absolute Gasteiger partial charge is 0.268 e. The van der Waals surface area contributed by atoms with Crippen LogP contribution in [-0.4, -0.2) is 68.5 Å². The van der Waals surface area contributed by atoms with Crippen LogP contribution in [0.3, 0.4) is 0 Å². The van der Waals surface area contributed by atoms with Crippen LogP contribution < -0.4 is 10.2 Å². The Labute approximate surface area is 418 Å². The summed E-state index contributed by atoms with van der Waals surface area (Å²) < 4.78 is 23.4. The molecule has 400 valence electrons. The van der Waals surface area contributed by atoms with Crippen LogP contribution in [0.1, 0.15) is 303 Å². The summed E-state index contributed by atoms with van der Waals surface area (Å²) in [6, 6.07) is -0.796. The highest BCUT2D eigenvalue weighted by atomic mass is 31.2. The predicted octanol–water partition coefficient (Wildman–Crippen LogP) is 17.2. The number of quaternary nitrogens is 1. The monoisotopic (exact) mass is 969 g/mol. The van der Waals surface area contributed by atoms with Crippen molar-refractivity contribution in [1.82, 2.24) is 5.32 Å². The summed E-state index contributed by atoms with van der Waals surface area (Å²) in [6.07, 6.45) is 61.2. The normalized spacial score (nSPS) is 14.0. The van der Waals surface area contributed by atoms with Crippen LogP contribution in [0.25, 0.3) is 0 Å². The van der Waals surface area contributed by atoms with Gasteiger partial charge in [-0.15, -0.1) is 0 Å². The zero-order chi connectivity index (χ0) is 49.2. The van der Waals surface area contributed by atoms with Gasteiger partial charge in [0.25, 0.3) is 7.82 Å². The average molecular weight is 970 g/mol. The summed E-state index contributed by atoms with van der Waals surface area (Å²) in [5.74, 6) is -0.160. The van der Waals surface area contributed by atoms with Crippen molar-refractivity contribution >= 4 is 13.7 Å². The van der Waals surface area contributed by atoms with Crippen molar-refractivity contribution in [2.45, 2.75) is 315 Å². The number of hydrogen-bond donors (Lipinski definition) is 2. The van der Waals surface area contributed by atoms with E-state index in [0.717, 1.165) is 38.5 Å². The molecular weight excluding hydrogens is 852 g/mol. The van der Waals surface area contributed by atoms with Crippen LogP contribution in [0.4, 0.5) is 0 Å². The molecule has 0 saturated heterocycles. The number of carbonyl (C=O) groups is 1. The highest BCUT2D eigenvalue weighted by molar-refractivity contribution is 7.45. The van der Waals surface area contributed by atoms with E-state index in [2.05, 4.69) is 31.3 Å². The lowest BCUT2D eigenvalue weighted by Crippen LogP contribution is -2.46. The van der Waals surface area contributed by atoms with E-state index in [4.69, 9.17) is 9.05 Å². The van der Waals surface area contributed by atoms with Crippen LogP contribution in [0.2, 0.25) is 0 Å². The van der Waals surface area contributed by atoms with Gasteiger partial charge in [0, 0.05) is 6.42 Å². The van der Waals surface area contributed by atoms with E-state index < -0.39 is 20.0 Å². The summed E-state index contributed by atoms with van der Waals surface area (Å²) >= 11 is 0. The molecule has 0 fully saturated rings. The molecule has 0 spiro atoms. The van der Waals surface area contributed by atoms with E-state index in [-0.39, 0.29) is 19.1 Å². The fourth-order valence-corrected chi connectivity index (χ4v) is 9.82. The third-order valence-corrected chi connectivity index (χ3v) is 14.7. The molecule has 0 radical (unpaired) electrons. The lowest BCUT2D eigenvalue weighted by atomic mass is 10.0. The van der Waals surface area contributed by atoms with Gasteiger partial charge in [-0.25, -0.2) is 0 Å². The van der Waals surface area contributed by atoms with Crippen molar-refractivity contribution in [3.63, 3.8) is 0 Å². The zero-order valence-electron chi connectivity index (χ0n) is 45.6. The number of nitrogens with one attached hydrogen (secondary N) is 1. The summed E-state index contributed by atoms with van der Waals surface area (Å²) in [5.41, 5.74) is 0. The molecule has 67 heavy (non-hydrogen) atoms. The van der Waals surface area contributed by atoms with Gasteiger partial charge in [-0.3, -0.25) is 9.36 Å². The number of nitrogens with zero attached hydrogens (tertiary/aromatic N) is 1. The lowest BCUT2D eigenvalue weighted by molar-refractivity contribution is -0.870. The molecule has 0 aromatic carbocycles. The lowest BCUT2D eigenvalue weighted by Gasteiger charge is -2.30. The zero-order valence-corrected chi connectivity index (χ0v) is 46.5. The van der Waals surface area contributed by atoms with Crippen molar-refractivity contribution < 1.29 is 32.9 Å². The molecule has 3 atom stereocenters. The molecule has 0 aliphatic carbocycles. The van der Waals surface area contributed by atoms with E-state index in [1.54, 1.807) is 0 Å². The van der Waals surface area contributed by atoms with E-state index in [0.29, 0.717) is 23.9 Å². The number of carbonyl (C=O) groups excluding carboxylic acids is 1. The van der Waals surface area contributed by atoms with Crippen LogP contribution >= 0.6 is 7.82 Å². The van der Waals surface area contributed by atoms with Crippen molar-refractivity contribution in [1.29, 1.82) is 0 Å². The Morgan fingerprint density at radius 3 is 1.16 bits per heavy atom. The largest absolute Gasteiger partial charge is 0.756 e. The van der Waals surface area contributed by atoms with Gasteiger partial charge in [0.05, 0.1) is 39.9 Å². The number of phosphoric acid groups is 1. The number of hydrogen-bond acceptors (Lipinski definition) is 6. The van der Waals surface area contributed by atoms with E-state index in [9.17, 15) is 19.4 Å². The van der Waals surface area contributed by atoms with Gasteiger partial charge in [-0.1, -0.05) is 270 Å². The van der Waals surface area contributed by atoms with E-state index >= 15 is 0 Å². The van der Waals surface area contributed by atoms with E-state index in [1.807, 2.05) is 21.1 Å². The van der Waals surface area contributed by atoms with Gasteiger partial charge < -0.3 is 28.8 Å². The summed E-state index contributed by atoms with van der Waals surface area (Å²) in [5, 5.41) is 14.0. The number of rotatable bonds is 55. The van der Waals surface area contributed by atoms with Gasteiger partial charge in [-0.2, -0.15) is 0 Å². The predicted molar refractivity (Wildman–Crippen MR) is 289 cm³/mol. The topological polar surface area (TPSA) is 108 Å². The molecular formula is C58H117N2O6P. The minimum absolute atomic E-state index is 0.0151. The third kappa shape index (κ3) is 52.9. The second-order valence-corrected chi connectivity index (χ2v) is 23.1. The first-order chi connectivity index (χ1) is 32.5. The summed E-state index contributed by atoms with van der Waals surface area (Å²) in [6.45, 7) is 4.76. The number of unbranched alkanes of at least 4 members (excludes halogenated alkanes) is 40. The number of amides is 1. The van der Waals surface area contributed by atoms with Crippen molar-refractivity contribution in [2.24, 2.45) is 0 Å². The first-order valence-electron chi connectivity index (χ1n) is 29.5. The highest BCUT2D eigenvalue weighted by Crippen LogP contribution is 2.38. The van der Waals surface area contributed by atoms with Crippen LogP contribution in [0.5, 0.6) is 0 Å². The van der Waals surface area contributed by atoms with Gasteiger partial charge in [0.15, 0.2) is 0 Å². The maximum absolute atomic E-state index is 13.0. The molecule has 0 aromatic rings. The SMILES string of the molecule is CCCCCCCCCCCCCC/C=C\CCCCCCCCCCCCCCCCCCC(=O)NC(COP(=O)([O-])OCC[N+](C)(C)C)C(O)CCCCCCCCCCCCCCC. The van der Waals surface area contributed by atoms with Crippen LogP contribution in [0, 0.1) is 0 Å². The van der Waals surface area contributed by atoms with Crippen LogP contribution in [0.15, 0.2) is 12.2 Å². The standard InChI is InChI=1S/C58H117N2O6P/c1-6-8-10-12-14-16-18-20-21-22-23-24-25-26-27-28-29-30-31-32-33-34-35-36-37-38-40-42-44-46-48-50-52-58(62)59-56(55-66-67(63,64)65-54-53-60(3,4)5)57(61)51-49-47-45-43-41-39-19-17-15-13-11-9-7-2/h26-27,56-57,61H,6-25,28-55H2,1-5H3,(H-,59,62,63,64)/b27-26-. The van der Waals surface area contributed by atoms with Crippen molar-refractivity contribution in [3.05, 3.63) is 12.2 Å². The number of phosphoric ester groups is 1. The fourth-order valence-electron chi connectivity index (χ4n) is 9.10. The molecule has 0 aliphatic heterocycles. The molecule has 0 saturated carbocycles. The van der Waals surface area contributed by atoms with Gasteiger partial charge in [0.2, 0.25) is 5.91 Å². The Hall–Kier alpha value is -0.760. The Balaban J connectivity index is 3.96. The number of aliphatic hydroxyl groups is 1. The third-order valence-electron chi connectivity index (χ3n) is 13.8. The first kappa shape index (κ1) is 66.2.